The molecule has 0 fully saturated rings. The summed E-state index contributed by atoms with van der Waals surface area (Å²) in [5, 5.41) is 8.55. The van der Waals surface area contributed by atoms with Crippen LogP contribution in [0.15, 0.2) is 36.5 Å². The van der Waals surface area contributed by atoms with E-state index in [2.05, 4.69) is 27.9 Å². The van der Waals surface area contributed by atoms with Crippen LogP contribution in [0.2, 0.25) is 0 Å². The number of hydrogen-bond donors (Lipinski definition) is 3. The molecule has 0 aliphatic carbocycles. The maximum atomic E-state index is 13.3. The molecule has 0 spiro atoms. The van der Waals surface area contributed by atoms with Gasteiger partial charge in [-0.25, -0.2) is 13.8 Å². The first kappa shape index (κ1) is 24.4. The molecular formula is C23H30F2N4O2. The number of aryl methyl sites for hydroxylation is 1. The number of halogens is 2. The highest BCUT2D eigenvalue weighted by Gasteiger charge is 2.21. The maximum Gasteiger partial charge on any atom is 0.248 e. The van der Waals surface area contributed by atoms with Gasteiger partial charge in [-0.2, -0.15) is 0 Å². The highest BCUT2D eigenvalue weighted by Crippen LogP contribution is 2.11. The number of anilines is 1. The summed E-state index contributed by atoms with van der Waals surface area (Å²) in [6.45, 7) is 4.00. The molecule has 2 atom stereocenters. The molecule has 2 unspecified atom stereocenters. The number of carbonyl (C=O) groups excluding carboxylic acids is 2. The molecule has 168 valence electrons. The van der Waals surface area contributed by atoms with Crippen LogP contribution in [0.5, 0.6) is 0 Å². The van der Waals surface area contributed by atoms with Gasteiger partial charge in [0.2, 0.25) is 11.8 Å². The lowest BCUT2D eigenvalue weighted by molar-refractivity contribution is -0.126. The van der Waals surface area contributed by atoms with E-state index in [0.717, 1.165) is 36.6 Å². The van der Waals surface area contributed by atoms with Crippen molar-refractivity contribution in [1.82, 2.24) is 15.6 Å². The van der Waals surface area contributed by atoms with Crippen molar-refractivity contribution in [3.8, 4) is 0 Å². The van der Waals surface area contributed by atoms with Gasteiger partial charge in [0.05, 0.1) is 6.42 Å². The highest BCUT2D eigenvalue weighted by atomic mass is 19.1. The summed E-state index contributed by atoms with van der Waals surface area (Å²) in [5.74, 6) is -1.97. The van der Waals surface area contributed by atoms with E-state index in [1.165, 1.54) is 0 Å². The van der Waals surface area contributed by atoms with Crippen LogP contribution in [0.25, 0.3) is 0 Å². The third-order valence-corrected chi connectivity index (χ3v) is 4.95. The van der Waals surface area contributed by atoms with Gasteiger partial charge < -0.3 is 16.0 Å². The van der Waals surface area contributed by atoms with Gasteiger partial charge >= 0.3 is 0 Å². The molecule has 3 N–H and O–H groups in total. The van der Waals surface area contributed by atoms with Crippen molar-refractivity contribution in [3.63, 3.8) is 0 Å². The molecule has 2 amide bonds. The Morgan fingerprint density at radius 2 is 1.77 bits per heavy atom. The molecular weight excluding hydrogens is 402 g/mol. The van der Waals surface area contributed by atoms with Crippen LogP contribution in [0.4, 0.5) is 14.6 Å². The average molecular weight is 433 g/mol. The summed E-state index contributed by atoms with van der Waals surface area (Å²) in [7, 11) is 1.92. The number of benzene rings is 1. The Hall–Kier alpha value is -2.87. The van der Waals surface area contributed by atoms with Crippen molar-refractivity contribution in [2.75, 3.05) is 12.4 Å². The Bertz CT molecular complexity index is 854. The van der Waals surface area contributed by atoms with Crippen LogP contribution in [-0.4, -0.2) is 35.9 Å². The molecule has 1 aromatic heterocycles. The van der Waals surface area contributed by atoms with E-state index >= 15 is 0 Å². The second-order valence-electron chi connectivity index (χ2n) is 7.63. The number of pyridine rings is 1. The lowest BCUT2D eigenvalue weighted by Crippen LogP contribution is -2.44. The van der Waals surface area contributed by atoms with Gasteiger partial charge in [-0.3, -0.25) is 9.59 Å². The first-order chi connectivity index (χ1) is 14.8. The number of nitrogens with one attached hydrogen (secondary N) is 3. The van der Waals surface area contributed by atoms with E-state index < -0.39 is 23.6 Å². The third-order valence-electron chi connectivity index (χ3n) is 4.95. The lowest BCUT2D eigenvalue weighted by atomic mass is 10.1. The number of rotatable bonds is 11. The Morgan fingerprint density at radius 1 is 1.06 bits per heavy atom. The molecule has 0 bridgehead atoms. The quantitative estimate of drug-likeness (QED) is 0.508. The van der Waals surface area contributed by atoms with Gasteiger partial charge in [0.25, 0.3) is 0 Å². The molecule has 6 nitrogen and oxygen atoms in total. The van der Waals surface area contributed by atoms with Crippen molar-refractivity contribution in [2.24, 2.45) is 0 Å². The van der Waals surface area contributed by atoms with Crippen molar-refractivity contribution in [2.45, 2.75) is 58.0 Å². The fourth-order valence-corrected chi connectivity index (χ4v) is 3.09. The van der Waals surface area contributed by atoms with E-state index in [0.29, 0.717) is 24.7 Å². The summed E-state index contributed by atoms with van der Waals surface area (Å²) >= 11 is 0. The van der Waals surface area contributed by atoms with Crippen molar-refractivity contribution < 1.29 is 18.4 Å². The first-order valence-corrected chi connectivity index (χ1v) is 10.5. The summed E-state index contributed by atoms with van der Waals surface area (Å²) in [4.78, 5) is 29.2. The standard InChI is InChI=1S/C23H30F2N4O2/c1-4-5-20(28-22(30)12-17-10-18(24)13-19(25)11-17)23(31)29-21-9-8-16(14-27-21)7-6-15(2)26-3/h8-11,13-15,20,26H,4-7,12H2,1-3H3,(H,28,30)(H,27,29,31). The Morgan fingerprint density at radius 3 is 2.35 bits per heavy atom. The molecule has 1 aromatic carbocycles. The molecule has 2 rings (SSSR count). The minimum atomic E-state index is -0.770. The van der Waals surface area contributed by atoms with Crippen LogP contribution in [0.1, 0.15) is 44.2 Å². The summed E-state index contributed by atoms with van der Waals surface area (Å²) in [6, 6.07) is 6.22. The van der Waals surface area contributed by atoms with Gasteiger partial charge in [0.15, 0.2) is 0 Å². The Kier molecular flexibility index (Phi) is 9.52. The predicted molar refractivity (Wildman–Crippen MR) is 117 cm³/mol. The molecule has 8 heteroatoms. The largest absolute Gasteiger partial charge is 0.344 e. The van der Waals surface area contributed by atoms with Crippen molar-refractivity contribution in [1.29, 1.82) is 0 Å². The normalized spacial score (nSPS) is 12.8. The summed E-state index contributed by atoms with van der Waals surface area (Å²) < 4.78 is 26.6. The molecule has 2 aromatic rings. The second kappa shape index (κ2) is 12.1. The zero-order valence-electron chi connectivity index (χ0n) is 18.2. The minimum absolute atomic E-state index is 0.204. The average Bonchev–Trinajstić information content (AvgIpc) is 2.71. The minimum Gasteiger partial charge on any atom is -0.344 e. The molecule has 31 heavy (non-hydrogen) atoms. The topological polar surface area (TPSA) is 83.1 Å². The van der Waals surface area contributed by atoms with E-state index in [9.17, 15) is 18.4 Å². The predicted octanol–water partition coefficient (Wildman–Crippen LogP) is 3.37. The lowest BCUT2D eigenvalue weighted by Gasteiger charge is -2.18. The van der Waals surface area contributed by atoms with Gasteiger partial charge in [-0.05, 0) is 62.6 Å². The monoisotopic (exact) mass is 432 g/mol. The van der Waals surface area contributed by atoms with Gasteiger partial charge in [0.1, 0.15) is 23.5 Å². The molecule has 0 radical (unpaired) electrons. The SMILES string of the molecule is CCCC(NC(=O)Cc1cc(F)cc(F)c1)C(=O)Nc1ccc(CCC(C)NC)cn1. The highest BCUT2D eigenvalue weighted by molar-refractivity contribution is 5.96. The van der Waals surface area contributed by atoms with Crippen LogP contribution in [0, 0.1) is 11.6 Å². The van der Waals surface area contributed by atoms with Crippen molar-refractivity contribution >= 4 is 17.6 Å². The molecule has 1 heterocycles. The van der Waals surface area contributed by atoms with E-state index in [-0.39, 0.29) is 17.9 Å². The van der Waals surface area contributed by atoms with Crippen LogP contribution in [0.3, 0.4) is 0 Å². The zero-order chi connectivity index (χ0) is 22.8. The molecule has 0 saturated carbocycles. The van der Waals surface area contributed by atoms with E-state index in [4.69, 9.17) is 0 Å². The fraction of sp³-hybridized carbons (Fsp3) is 0.435. The number of amides is 2. The summed E-state index contributed by atoms with van der Waals surface area (Å²) in [6.07, 6.45) is 4.45. The Balaban J connectivity index is 1.94. The zero-order valence-corrected chi connectivity index (χ0v) is 18.2. The number of aromatic nitrogens is 1. The smallest absolute Gasteiger partial charge is 0.248 e. The van der Waals surface area contributed by atoms with Gasteiger partial charge in [-0.15, -0.1) is 0 Å². The fourth-order valence-electron chi connectivity index (χ4n) is 3.09. The number of nitrogens with zero attached hydrogens (tertiary/aromatic N) is 1. The first-order valence-electron chi connectivity index (χ1n) is 10.5. The van der Waals surface area contributed by atoms with Crippen LogP contribution >= 0.6 is 0 Å². The molecule has 0 aliphatic heterocycles. The third kappa shape index (κ3) is 8.41. The van der Waals surface area contributed by atoms with Gasteiger partial charge in [-0.1, -0.05) is 19.4 Å². The number of hydrogen-bond acceptors (Lipinski definition) is 4. The molecule has 0 saturated heterocycles. The summed E-state index contributed by atoms with van der Waals surface area (Å²) in [5.41, 5.74) is 1.27. The van der Waals surface area contributed by atoms with E-state index in [1.807, 2.05) is 20.0 Å². The number of carbonyl (C=O) groups is 2. The van der Waals surface area contributed by atoms with Gasteiger partial charge in [0, 0.05) is 18.3 Å². The Labute approximate surface area is 181 Å². The molecule has 0 aliphatic rings. The maximum absolute atomic E-state index is 13.3. The van der Waals surface area contributed by atoms with Crippen LogP contribution < -0.4 is 16.0 Å². The van der Waals surface area contributed by atoms with E-state index in [1.54, 1.807) is 12.3 Å². The van der Waals surface area contributed by atoms with Crippen LogP contribution in [-0.2, 0) is 22.4 Å². The second-order valence-corrected chi connectivity index (χ2v) is 7.63. The van der Waals surface area contributed by atoms with Crippen molar-refractivity contribution in [3.05, 3.63) is 59.3 Å².